The predicted octanol–water partition coefficient (Wildman–Crippen LogP) is 1.97. The molecule has 1 aromatic carbocycles. The van der Waals surface area contributed by atoms with Crippen LogP contribution in [0.1, 0.15) is 17.7 Å². The second kappa shape index (κ2) is 8.84. The van der Waals surface area contributed by atoms with Gasteiger partial charge in [0.05, 0.1) is 19.4 Å². The summed E-state index contributed by atoms with van der Waals surface area (Å²) in [5, 5.41) is 17.7. The molecule has 0 saturated heterocycles. The Labute approximate surface area is 146 Å². The molecule has 0 unspecified atom stereocenters. The average Bonchev–Trinajstić information content (AvgIpc) is 3.27. The maximum absolute atomic E-state index is 5.80. The Morgan fingerprint density at radius 1 is 1.20 bits per heavy atom. The Morgan fingerprint density at radius 2 is 2.16 bits per heavy atom. The first-order valence-electron chi connectivity index (χ1n) is 8.22. The van der Waals surface area contributed by atoms with Crippen molar-refractivity contribution < 1.29 is 9.15 Å². The largest absolute Gasteiger partial charge is 0.494 e. The van der Waals surface area contributed by atoms with Gasteiger partial charge < -0.3 is 19.8 Å². The van der Waals surface area contributed by atoms with Gasteiger partial charge in [-0.3, -0.25) is 0 Å². The Morgan fingerprint density at radius 3 is 2.96 bits per heavy atom. The molecular formula is C17H22N6O2. The van der Waals surface area contributed by atoms with Crippen LogP contribution in [-0.4, -0.2) is 33.4 Å². The molecule has 8 nitrogen and oxygen atoms in total. The van der Waals surface area contributed by atoms with Gasteiger partial charge in [0, 0.05) is 20.1 Å². The summed E-state index contributed by atoms with van der Waals surface area (Å²) in [5.74, 6) is 2.46. The van der Waals surface area contributed by atoms with Crippen LogP contribution >= 0.6 is 0 Å². The molecule has 3 aromatic rings. The minimum atomic E-state index is 0.627. The highest BCUT2D eigenvalue weighted by atomic mass is 16.5. The van der Waals surface area contributed by atoms with Crippen LogP contribution < -0.4 is 15.4 Å². The van der Waals surface area contributed by atoms with Gasteiger partial charge in [0.2, 0.25) is 5.95 Å². The van der Waals surface area contributed by atoms with Gasteiger partial charge in [-0.25, -0.2) is 4.68 Å². The molecule has 0 aliphatic rings. The van der Waals surface area contributed by atoms with E-state index in [1.807, 2.05) is 24.3 Å². The van der Waals surface area contributed by atoms with E-state index in [0.717, 1.165) is 31.0 Å². The highest BCUT2D eigenvalue weighted by Gasteiger charge is 2.01. The quantitative estimate of drug-likeness (QED) is 0.544. The zero-order valence-electron chi connectivity index (χ0n) is 14.2. The lowest BCUT2D eigenvalue weighted by molar-refractivity contribution is 0.314. The highest BCUT2D eigenvalue weighted by Crippen LogP contribution is 2.13. The second-order valence-electron chi connectivity index (χ2n) is 5.59. The molecule has 0 atom stereocenters. The van der Waals surface area contributed by atoms with Crippen LogP contribution in [-0.2, 0) is 20.1 Å². The fraction of sp³-hybridized carbons (Fsp3) is 0.353. The molecule has 0 bridgehead atoms. The first kappa shape index (κ1) is 17.0. The third kappa shape index (κ3) is 5.32. The van der Waals surface area contributed by atoms with Gasteiger partial charge >= 0.3 is 0 Å². The number of nitrogens with one attached hydrogen (secondary N) is 2. The fourth-order valence-electron chi connectivity index (χ4n) is 2.33. The van der Waals surface area contributed by atoms with Crippen molar-refractivity contribution in [3.63, 3.8) is 0 Å². The van der Waals surface area contributed by atoms with Crippen LogP contribution in [0.15, 0.2) is 47.1 Å². The number of ether oxygens (including phenoxy) is 1. The van der Waals surface area contributed by atoms with Crippen LogP contribution in [0.5, 0.6) is 5.75 Å². The van der Waals surface area contributed by atoms with Crippen molar-refractivity contribution in [3.05, 3.63) is 54.0 Å². The van der Waals surface area contributed by atoms with E-state index in [9.17, 15) is 0 Å². The summed E-state index contributed by atoms with van der Waals surface area (Å²) in [6.07, 6.45) is 2.54. The van der Waals surface area contributed by atoms with E-state index in [-0.39, 0.29) is 0 Å². The average molecular weight is 342 g/mol. The van der Waals surface area contributed by atoms with Crippen molar-refractivity contribution in [1.29, 1.82) is 0 Å². The number of furan rings is 1. The van der Waals surface area contributed by atoms with Gasteiger partial charge in [-0.15, -0.1) is 0 Å². The van der Waals surface area contributed by atoms with Gasteiger partial charge in [0.1, 0.15) is 11.5 Å². The van der Waals surface area contributed by atoms with Crippen LogP contribution in [0, 0.1) is 0 Å². The smallest absolute Gasteiger partial charge is 0.242 e. The predicted molar refractivity (Wildman–Crippen MR) is 93.1 cm³/mol. The van der Waals surface area contributed by atoms with Crippen LogP contribution in [0.2, 0.25) is 0 Å². The summed E-state index contributed by atoms with van der Waals surface area (Å²) in [4.78, 5) is 0. The summed E-state index contributed by atoms with van der Waals surface area (Å²) < 4.78 is 12.7. The number of anilines is 1. The number of benzene rings is 1. The zero-order valence-corrected chi connectivity index (χ0v) is 14.2. The first-order chi connectivity index (χ1) is 12.3. The number of rotatable bonds is 10. The molecule has 2 aromatic heterocycles. The fourth-order valence-corrected chi connectivity index (χ4v) is 2.33. The van der Waals surface area contributed by atoms with Gasteiger partial charge in [-0.1, -0.05) is 17.2 Å². The number of nitrogens with zero attached hydrogens (tertiary/aromatic N) is 4. The summed E-state index contributed by atoms with van der Waals surface area (Å²) in [6.45, 7) is 2.85. The van der Waals surface area contributed by atoms with Crippen molar-refractivity contribution in [3.8, 4) is 5.75 Å². The minimum Gasteiger partial charge on any atom is -0.494 e. The number of hydrogen-bond acceptors (Lipinski definition) is 7. The number of hydrogen-bond donors (Lipinski definition) is 2. The van der Waals surface area contributed by atoms with Gasteiger partial charge in [0.15, 0.2) is 0 Å². The van der Waals surface area contributed by atoms with Gasteiger partial charge in [-0.2, -0.15) is 0 Å². The molecule has 2 heterocycles. The molecule has 132 valence electrons. The van der Waals surface area contributed by atoms with E-state index in [1.54, 1.807) is 18.0 Å². The first-order valence-corrected chi connectivity index (χ1v) is 8.22. The van der Waals surface area contributed by atoms with E-state index in [4.69, 9.17) is 9.15 Å². The minimum absolute atomic E-state index is 0.627. The number of aromatic nitrogens is 4. The van der Waals surface area contributed by atoms with Crippen molar-refractivity contribution in [2.75, 3.05) is 18.5 Å². The third-order valence-electron chi connectivity index (χ3n) is 3.60. The third-order valence-corrected chi connectivity index (χ3v) is 3.60. The lowest BCUT2D eigenvalue weighted by Gasteiger charge is -2.09. The van der Waals surface area contributed by atoms with E-state index in [0.29, 0.717) is 19.1 Å². The standard InChI is InChI=1S/C17H22N6O2/c1-23-17(20-21-22-23)19-8-4-10-24-15-6-2-5-14(11-15)12-18-13-16-7-3-9-25-16/h2-3,5-7,9,11,18H,4,8,10,12-13H2,1H3,(H,19,20,22). The normalized spacial score (nSPS) is 10.8. The highest BCUT2D eigenvalue weighted by molar-refractivity contribution is 5.28. The number of aryl methyl sites for hydroxylation is 1. The summed E-state index contributed by atoms with van der Waals surface area (Å²) >= 11 is 0. The molecule has 0 aliphatic carbocycles. The molecule has 0 amide bonds. The topological polar surface area (TPSA) is 90.0 Å². The Hall–Kier alpha value is -2.87. The summed E-state index contributed by atoms with van der Waals surface area (Å²) in [5.41, 5.74) is 1.17. The molecule has 8 heteroatoms. The monoisotopic (exact) mass is 342 g/mol. The van der Waals surface area contributed by atoms with E-state index in [2.05, 4.69) is 38.3 Å². The molecule has 3 rings (SSSR count). The van der Waals surface area contributed by atoms with Crippen molar-refractivity contribution in [2.24, 2.45) is 7.05 Å². The number of tetrazole rings is 1. The summed E-state index contributed by atoms with van der Waals surface area (Å²) in [7, 11) is 1.80. The van der Waals surface area contributed by atoms with E-state index in [1.165, 1.54) is 5.56 Å². The Kier molecular flexibility index (Phi) is 6.00. The van der Waals surface area contributed by atoms with Crippen molar-refractivity contribution in [1.82, 2.24) is 25.5 Å². The Balaban J connectivity index is 1.35. The Bertz CT molecular complexity index is 756. The molecule has 25 heavy (non-hydrogen) atoms. The maximum Gasteiger partial charge on any atom is 0.242 e. The molecule has 0 radical (unpaired) electrons. The molecule has 0 aliphatic heterocycles. The zero-order chi connectivity index (χ0) is 17.3. The van der Waals surface area contributed by atoms with E-state index >= 15 is 0 Å². The van der Waals surface area contributed by atoms with Crippen LogP contribution in [0.25, 0.3) is 0 Å². The van der Waals surface area contributed by atoms with Crippen molar-refractivity contribution in [2.45, 2.75) is 19.5 Å². The van der Waals surface area contributed by atoms with Crippen LogP contribution in [0.4, 0.5) is 5.95 Å². The van der Waals surface area contributed by atoms with Gasteiger partial charge in [-0.05, 0) is 46.7 Å². The molecule has 0 spiro atoms. The summed E-state index contributed by atoms with van der Waals surface area (Å²) in [6, 6.07) is 11.9. The second-order valence-corrected chi connectivity index (χ2v) is 5.59. The molecule has 2 N–H and O–H groups in total. The van der Waals surface area contributed by atoms with Gasteiger partial charge in [0.25, 0.3) is 0 Å². The molecular weight excluding hydrogens is 320 g/mol. The SMILES string of the molecule is Cn1nnnc1NCCCOc1cccc(CNCc2ccco2)c1. The van der Waals surface area contributed by atoms with Crippen molar-refractivity contribution >= 4 is 5.95 Å². The van der Waals surface area contributed by atoms with Crippen LogP contribution in [0.3, 0.4) is 0 Å². The lowest BCUT2D eigenvalue weighted by Crippen LogP contribution is -2.12. The lowest BCUT2D eigenvalue weighted by atomic mass is 10.2. The molecule has 0 fully saturated rings. The molecule has 0 saturated carbocycles. The van der Waals surface area contributed by atoms with E-state index < -0.39 is 0 Å². The maximum atomic E-state index is 5.80.